The van der Waals surface area contributed by atoms with Crippen LogP contribution in [0.4, 0.5) is 34.1 Å². The van der Waals surface area contributed by atoms with E-state index in [2.05, 4.69) is 254 Å². The fraction of sp³-hybridized carbons (Fsp3) is 0.0448. The van der Waals surface area contributed by atoms with Crippen molar-refractivity contribution in [3.05, 3.63) is 242 Å². The molecule has 0 amide bonds. The van der Waals surface area contributed by atoms with Gasteiger partial charge in [-0.2, -0.15) is 0 Å². The quantitative estimate of drug-likeness (QED) is 0.163. The molecule has 0 N–H and O–H groups in total. The van der Waals surface area contributed by atoms with E-state index < -0.39 is 0 Å². The molecule has 3 heteroatoms. The lowest BCUT2D eigenvalue weighted by Gasteiger charge is -2.43. The molecular weight excluding hydrogens is 865 g/mol. The monoisotopic (exact) mass is 908 g/mol. The zero-order valence-electron chi connectivity index (χ0n) is 38.7. The lowest BCUT2D eigenvalue weighted by Crippen LogP contribution is -2.31. The highest BCUT2D eigenvalue weighted by Gasteiger charge is 2.39. The number of hydrogen-bond acceptors (Lipinski definition) is 3. The molecule has 0 spiro atoms. The zero-order chi connectivity index (χ0) is 46.2. The third kappa shape index (κ3) is 5.64. The third-order valence-corrected chi connectivity index (χ3v) is 16.7. The van der Waals surface area contributed by atoms with Gasteiger partial charge in [0.15, 0.2) is 0 Å². The highest BCUT2D eigenvalue weighted by Crippen LogP contribution is 2.58. The van der Waals surface area contributed by atoms with Gasteiger partial charge in [0.25, 0.3) is 0 Å². The third-order valence-electron chi connectivity index (χ3n) is 15.5. The van der Waals surface area contributed by atoms with E-state index in [4.69, 9.17) is 0 Å². The number of anilines is 6. The average molecular weight is 909 g/mol. The highest BCUT2D eigenvalue weighted by molar-refractivity contribution is 8.00. The van der Waals surface area contributed by atoms with E-state index in [-0.39, 0.29) is 5.41 Å². The summed E-state index contributed by atoms with van der Waals surface area (Å²) in [6, 6.07) is 86.3. The van der Waals surface area contributed by atoms with Crippen LogP contribution in [0.2, 0.25) is 0 Å². The Morgan fingerprint density at radius 1 is 0.329 bits per heavy atom. The Labute approximate surface area is 411 Å². The van der Waals surface area contributed by atoms with Crippen molar-refractivity contribution in [2.24, 2.45) is 0 Å². The van der Waals surface area contributed by atoms with Crippen LogP contribution in [-0.2, 0) is 5.41 Å². The largest absolute Gasteiger partial charge is 0.309 e. The molecule has 70 heavy (non-hydrogen) atoms. The molecule has 328 valence electrons. The molecule has 0 saturated carbocycles. The first-order chi connectivity index (χ1) is 34.5. The molecule has 13 aromatic carbocycles. The van der Waals surface area contributed by atoms with Gasteiger partial charge in [0.05, 0.1) is 34.1 Å². The molecule has 0 bridgehead atoms. The van der Waals surface area contributed by atoms with Crippen molar-refractivity contribution < 1.29 is 0 Å². The van der Waals surface area contributed by atoms with Gasteiger partial charge in [-0.25, -0.2) is 0 Å². The predicted molar refractivity (Wildman–Crippen MR) is 299 cm³/mol. The van der Waals surface area contributed by atoms with E-state index in [1.165, 1.54) is 142 Å². The maximum absolute atomic E-state index is 2.54. The summed E-state index contributed by atoms with van der Waals surface area (Å²) >= 11 is 1.90. The summed E-state index contributed by atoms with van der Waals surface area (Å²) in [7, 11) is 0. The minimum Gasteiger partial charge on any atom is -0.309 e. The minimum atomic E-state index is -0.295. The lowest BCUT2D eigenvalue weighted by molar-refractivity contribution is 0.638. The van der Waals surface area contributed by atoms with Crippen molar-refractivity contribution in [2.45, 2.75) is 29.1 Å². The van der Waals surface area contributed by atoms with Gasteiger partial charge >= 0.3 is 0 Å². The van der Waals surface area contributed by atoms with Crippen LogP contribution < -0.4 is 9.80 Å². The molecule has 2 heterocycles. The molecule has 2 aliphatic heterocycles. The van der Waals surface area contributed by atoms with E-state index in [0.717, 1.165) is 0 Å². The van der Waals surface area contributed by atoms with Gasteiger partial charge in [-0.15, -0.1) is 0 Å². The van der Waals surface area contributed by atoms with E-state index in [1.807, 2.05) is 11.8 Å². The molecule has 0 unspecified atom stereocenters. The van der Waals surface area contributed by atoms with Crippen LogP contribution in [-0.4, -0.2) is 0 Å². The fourth-order valence-corrected chi connectivity index (χ4v) is 13.5. The molecule has 13 aromatic rings. The molecular formula is C67H44N2S. The van der Waals surface area contributed by atoms with Crippen molar-refractivity contribution in [1.29, 1.82) is 0 Å². The summed E-state index contributed by atoms with van der Waals surface area (Å²) in [5, 5.41) is 15.2. The maximum Gasteiger partial charge on any atom is 0.0608 e. The summed E-state index contributed by atoms with van der Waals surface area (Å²) in [5.41, 5.74) is 14.5. The smallest absolute Gasteiger partial charge is 0.0608 e. The first-order valence-corrected chi connectivity index (χ1v) is 25.1. The summed E-state index contributed by atoms with van der Waals surface area (Å²) < 4.78 is 0. The van der Waals surface area contributed by atoms with Gasteiger partial charge in [-0.1, -0.05) is 208 Å². The molecule has 0 aromatic heterocycles. The van der Waals surface area contributed by atoms with Gasteiger partial charge in [-0.05, 0) is 136 Å². The fourth-order valence-electron chi connectivity index (χ4n) is 12.3. The molecule has 0 atom stereocenters. The average Bonchev–Trinajstić information content (AvgIpc) is 3.41. The van der Waals surface area contributed by atoms with Crippen LogP contribution in [0.1, 0.15) is 25.0 Å². The zero-order valence-corrected chi connectivity index (χ0v) is 39.6. The highest BCUT2D eigenvalue weighted by atomic mass is 32.2. The minimum absolute atomic E-state index is 0.295. The topological polar surface area (TPSA) is 6.48 Å². The van der Waals surface area contributed by atoms with Gasteiger partial charge in [-0.3, -0.25) is 0 Å². The van der Waals surface area contributed by atoms with Crippen LogP contribution in [0.5, 0.6) is 0 Å². The van der Waals surface area contributed by atoms with Crippen molar-refractivity contribution >= 4 is 111 Å². The number of nitrogens with zero attached hydrogens (tertiary/aromatic N) is 2. The standard InChI is InChI=1S/C67H44N2S/c1-67(2)55-39-47(29-35-58(55)68(56-22-12-18-42-15-6-9-19-50(42)56)60-37-26-43-16-7-10-20-51(43)65(60)67)48-30-36-59-62(40-48)70-66-52-21-11-8-17-44(52)27-38-61(66)69(59)57-34-28-46-24-32-53-49(41-13-4-3-5-14-41)31-23-45-25-33-54(57)64(46)63(45)53/h3-40H,1-2H3. The Morgan fingerprint density at radius 3 is 1.66 bits per heavy atom. The second-order valence-electron chi connectivity index (χ2n) is 19.6. The SMILES string of the molecule is CC1(C)c2cc(-c3ccc4c(c3)Sc3c(ccc5ccccc35)N4c3ccc4ccc5c(-c6ccccc6)ccc6ccc3c4c65)ccc2N(c2cccc3ccccc23)c2ccc3ccccc3c21. The normalized spacial score (nSPS) is 13.9. The second kappa shape index (κ2) is 14.8. The molecule has 0 radical (unpaired) electrons. The predicted octanol–water partition coefficient (Wildman–Crippen LogP) is 19.4. The van der Waals surface area contributed by atoms with Gasteiger partial charge < -0.3 is 9.80 Å². The first kappa shape index (κ1) is 39.6. The Kier molecular flexibility index (Phi) is 8.38. The lowest BCUT2D eigenvalue weighted by atomic mass is 9.71. The number of benzene rings is 13. The van der Waals surface area contributed by atoms with Crippen LogP contribution in [0, 0.1) is 0 Å². The first-order valence-electron chi connectivity index (χ1n) is 24.3. The Balaban J connectivity index is 0.927. The summed E-state index contributed by atoms with van der Waals surface area (Å²) in [6.07, 6.45) is 0. The number of fused-ring (bicyclic) bond motifs is 9. The Hall–Kier alpha value is -8.37. The maximum atomic E-state index is 2.54. The van der Waals surface area contributed by atoms with Crippen molar-refractivity contribution in [3.8, 4) is 22.3 Å². The van der Waals surface area contributed by atoms with E-state index in [9.17, 15) is 0 Å². The van der Waals surface area contributed by atoms with Crippen LogP contribution >= 0.6 is 11.8 Å². The summed E-state index contributed by atoms with van der Waals surface area (Å²) in [6.45, 7) is 4.84. The van der Waals surface area contributed by atoms with Crippen molar-refractivity contribution in [2.75, 3.05) is 9.80 Å². The Morgan fingerprint density at radius 2 is 0.857 bits per heavy atom. The van der Waals surface area contributed by atoms with Crippen LogP contribution in [0.15, 0.2) is 240 Å². The van der Waals surface area contributed by atoms with Crippen molar-refractivity contribution in [3.63, 3.8) is 0 Å². The molecule has 0 fully saturated rings. The van der Waals surface area contributed by atoms with Crippen LogP contribution in [0.25, 0.3) is 86.9 Å². The Bertz CT molecular complexity index is 4320. The van der Waals surface area contributed by atoms with Crippen LogP contribution in [0.3, 0.4) is 0 Å². The second-order valence-corrected chi connectivity index (χ2v) is 20.7. The summed E-state index contributed by atoms with van der Waals surface area (Å²) in [5.74, 6) is 0. The number of hydrogen-bond donors (Lipinski definition) is 0. The van der Waals surface area contributed by atoms with E-state index in [1.54, 1.807) is 0 Å². The molecule has 0 aliphatic carbocycles. The summed E-state index contributed by atoms with van der Waals surface area (Å²) in [4.78, 5) is 7.59. The van der Waals surface area contributed by atoms with Gasteiger partial charge in [0, 0.05) is 26.0 Å². The van der Waals surface area contributed by atoms with Gasteiger partial charge in [0.1, 0.15) is 0 Å². The van der Waals surface area contributed by atoms with Crippen molar-refractivity contribution in [1.82, 2.24) is 0 Å². The van der Waals surface area contributed by atoms with E-state index >= 15 is 0 Å². The molecule has 2 aliphatic rings. The van der Waals surface area contributed by atoms with Gasteiger partial charge in [0.2, 0.25) is 0 Å². The number of rotatable bonds is 4. The van der Waals surface area contributed by atoms with E-state index in [0.29, 0.717) is 0 Å². The molecule has 2 nitrogen and oxygen atoms in total. The molecule has 15 rings (SSSR count). The molecule has 0 saturated heterocycles.